The van der Waals surface area contributed by atoms with Gasteiger partial charge in [0, 0.05) is 6.54 Å². The number of rotatable bonds is 5. The number of benzene rings is 1. The van der Waals surface area contributed by atoms with Crippen LogP contribution in [-0.2, 0) is 11.2 Å². The molecule has 0 heterocycles. The third kappa shape index (κ3) is 5.32. The predicted molar refractivity (Wildman–Crippen MR) is 73.8 cm³/mol. The van der Waals surface area contributed by atoms with Crippen LogP contribution in [-0.4, -0.2) is 26.2 Å². The molecule has 0 saturated carbocycles. The summed E-state index contributed by atoms with van der Waals surface area (Å²) < 4.78 is 5.15. The molecule has 1 N–H and O–H groups in total. The highest BCUT2D eigenvalue weighted by molar-refractivity contribution is 5.89. The first kappa shape index (κ1) is 14.7. The van der Waals surface area contributed by atoms with E-state index in [-0.39, 0.29) is 11.4 Å². The highest BCUT2D eigenvalue weighted by atomic mass is 16.5. The van der Waals surface area contributed by atoms with Crippen LogP contribution in [0.15, 0.2) is 24.3 Å². The van der Waals surface area contributed by atoms with Crippen molar-refractivity contribution in [3.63, 3.8) is 0 Å². The zero-order valence-electron chi connectivity index (χ0n) is 11.7. The van der Waals surface area contributed by atoms with Gasteiger partial charge in [-0.15, -0.1) is 0 Å². The summed E-state index contributed by atoms with van der Waals surface area (Å²) >= 11 is 0. The Bertz CT molecular complexity index is 394. The summed E-state index contributed by atoms with van der Waals surface area (Å²) in [7, 11) is 1.83. The summed E-state index contributed by atoms with van der Waals surface area (Å²) in [5, 5.41) is 2.94. The minimum atomic E-state index is -0.249. The molecule has 0 spiro atoms. The SMILES string of the molecule is CNCCOC(=O)c1cccc(CC(C)(C)C)c1. The van der Waals surface area contributed by atoms with E-state index in [1.165, 1.54) is 5.56 Å². The molecule has 18 heavy (non-hydrogen) atoms. The molecule has 0 atom stereocenters. The van der Waals surface area contributed by atoms with Gasteiger partial charge in [-0.1, -0.05) is 32.9 Å². The van der Waals surface area contributed by atoms with Gasteiger partial charge in [0.25, 0.3) is 0 Å². The maximum atomic E-state index is 11.8. The molecule has 0 unspecified atom stereocenters. The van der Waals surface area contributed by atoms with E-state index in [9.17, 15) is 4.79 Å². The summed E-state index contributed by atoms with van der Waals surface area (Å²) in [5.74, 6) is -0.249. The number of nitrogens with one attached hydrogen (secondary N) is 1. The highest BCUT2D eigenvalue weighted by Crippen LogP contribution is 2.21. The minimum Gasteiger partial charge on any atom is -0.461 e. The Balaban J connectivity index is 2.66. The molecule has 0 radical (unpaired) electrons. The van der Waals surface area contributed by atoms with Crippen LogP contribution in [0.3, 0.4) is 0 Å². The third-order valence-electron chi connectivity index (χ3n) is 2.48. The number of likely N-dealkylation sites (N-methyl/N-ethyl adjacent to an activating group) is 1. The standard InChI is InChI=1S/C15H23NO2/c1-15(2,3)11-12-6-5-7-13(10-12)14(17)18-9-8-16-4/h5-7,10,16H,8-9,11H2,1-4H3. The first-order valence-electron chi connectivity index (χ1n) is 6.33. The second-order valence-corrected chi connectivity index (χ2v) is 5.68. The molecule has 0 aliphatic heterocycles. The molecule has 3 heteroatoms. The Labute approximate surface area is 110 Å². The van der Waals surface area contributed by atoms with Crippen molar-refractivity contribution in [2.75, 3.05) is 20.2 Å². The van der Waals surface area contributed by atoms with Crippen molar-refractivity contribution in [3.05, 3.63) is 35.4 Å². The average Bonchev–Trinajstić information content (AvgIpc) is 2.27. The normalized spacial score (nSPS) is 11.3. The van der Waals surface area contributed by atoms with Gasteiger partial charge in [0.2, 0.25) is 0 Å². The molecule has 0 amide bonds. The fourth-order valence-electron chi connectivity index (χ4n) is 1.75. The van der Waals surface area contributed by atoms with Gasteiger partial charge in [0.05, 0.1) is 5.56 Å². The lowest BCUT2D eigenvalue weighted by molar-refractivity contribution is 0.0510. The van der Waals surface area contributed by atoms with Gasteiger partial charge in [-0.3, -0.25) is 0 Å². The quantitative estimate of drug-likeness (QED) is 0.644. The maximum Gasteiger partial charge on any atom is 0.338 e. The van der Waals surface area contributed by atoms with E-state index in [1.807, 2.05) is 19.2 Å². The van der Waals surface area contributed by atoms with Crippen molar-refractivity contribution in [1.82, 2.24) is 5.32 Å². The van der Waals surface area contributed by atoms with Crippen molar-refractivity contribution >= 4 is 5.97 Å². The lowest BCUT2D eigenvalue weighted by Crippen LogP contribution is -2.17. The lowest BCUT2D eigenvalue weighted by Gasteiger charge is -2.18. The van der Waals surface area contributed by atoms with E-state index in [1.54, 1.807) is 6.07 Å². The predicted octanol–water partition coefficient (Wildman–Crippen LogP) is 2.65. The van der Waals surface area contributed by atoms with E-state index < -0.39 is 0 Å². The molecule has 0 bridgehead atoms. The van der Waals surface area contributed by atoms with Crippen molar-refractivity contribution in [1.29, 1.82) is 0 Å². The Kier molecular flexibility index (Phi) is 5.35. The van der Waals surface area contributed by atoms with Crippen LogP contribution >= 0.6 is 0 Å². The van der Waals surface area contributed by atoms with Crippen LogP contribution < -0.4 is 5.32 Å². The van der Waals surface area contributed by atoms with Gasteiger partial charge in [-0.05, 0) is 36.6 Å². The molecule has 1 rings (SSSR count). The molecule has 1 aromatic carbocycles. The number of ether oxygens (including phenoxy) is 1. The maximum absolute atomic E-state index is 11.8. The zero-order chi connectivity index (χ0) is 13.6. The highest BCUT2D eigenvalue weighted by Gasteiger charge is 2.13. The molecule has 0 aromatic heterocycles. The van der Waals surface area contributed by atoms with E-state index in [2.05, 4.69) is 32.2 Å². The molecule has 0 saturated heterocycles. The lowest BCUT2D eigenvalue weighted by atomic mass is 9.88. The Morgan fingerprint density at radius 1 is 1.33 bits per heavy atom. The fourth-order valence-corrected chi connectivity index (χ4v) is 1.75. The number of carbonyl (C=O) groups is 1. The van der Waals surface area contributed by atoms with Crippen LogP contribution in [0.4, 0.5) is 0 Å². The summed E-state index contributed by atoms with van der Waals surface area (Å²) in [4.78, 5) is 11.8. The molecule has 3 nitrogen and oxygen atoms in total. The van der Waals surface area contributed by atoms with E-state index in [0.717, 1.165) is 6.42 Å². The Hall–Kier alpha value is -1.35. The van der Waals surface area contributed by atoms with E-state index in [0.29, 0.717) is 18.7 Å². The van der Waals surface area contributed by atoms with Crippen LogP contribution in [0.25, 0.3) is 0 Å². The molecule has 0 fully saturated rings. The monoisotopic (exact) mass is 249 g/mol. The summed E-state index contributed by atoms with van der Waals surface area (Å²) in [6, 6.07) is 7.69. The van der Waals surface area contributed by atoms with Gasteiger partial charge in [0.15, 0.2) is 0 Å². The third-order valence-corrected chi connectivity index (χ3v) is 2.48. The van der Waals surface area contributed by atoms with Gasteiger partial charge in [-0.2, -0.15) is 0 Å². The fraction of sp³-hybridized carbons (Fsp3) is 0.533. The van der Waals surface area contributed by atoms with Gasteiger partial charge >= 0.3 is 5.97 Å². The van der Waals surface area contributed by atoms with Crippen LogP contribution in [0, 0.1) is 5.41 Å². The van der Waals surface area contributed by atoms with E-state index >= 15 is 0 Å². The Morgan fingerprint density at radius 2 is 2.06 bits per heavy atom. The Morgan fingerprint density at radius 3 is 2.67 bits per heavy atom. The van der Waals surface area contributed by atoms with Crippen molar-refractivity contribution in [3.8, 4) is 0 Å². The molecular formula is C15H23NO2. The van der Waals surface area contributed by atoms with E-state index in [4.69, 9.17) is 4.74 Å². The first-order chi connectivity index (χ1) is 8.42. The average molecular weight is 249 g/mol. The van der Waals surface area contributed by atoms with Crippen molar-refractivity contribution in [2.24, 2.45) is 5.41 Å². The molecule has 0 aliphatic carbocycles. The van der Waals surface area contributed by atoms with Crippen LogP contribution in [0.1, 0.15) is 36.7 Å². The smallest absolute Gasteiger partial charge is 0.338 e. The zero-order valence-corrected chi connectivity index (χ0v) is 11.7. The van der Waals surface area contributed by atoms with Gasteiger partial charge < -0.3 is 10.1 Å². The molecule has 1 aromatic rings. The van der Waals surface area contributed by atoms with Gasteiger partial charge in [-0.25, -0.2) is 4.79 Å². The second-order valence-electron chi connectivity index (χ2n) is 5.68. The van der Waals surface area contributed by atoms with Crippen molar-refractivity contribution in [2.45, 2.75) is 27.2 Å². The second kappa shape index (κ2) is 6.55. The number of hydrogen-bond acceptors (Lipinski definition) is 3. The van der Waals surface area contributed by atoms with Crippen LogP contribution in [0.2, 0.25) is 0 Å². The van der Waals surface area contributed by atoms with Crippen molar-refractivity contribution < 1.29 is 9.53 Å². The first-order valence-corrected chi connectivity index (χ1v) is 6.33. The summed E-state index contributed by atoms with van der Waals surface area (Å²) in [6.45, 7) is 7.63. The largest absolute Gasteiger partial charge is 0.461 e. The number of carbonyl (C=O) groups excluding carboxylic acids is 1. The number of esters is 1. The molecule has 100 valence electrons. The van der Waals surface area contributed by atoms with Gasteiger partial charge in [0.1, 0.15) is 6.61 Å². The van der Waals surface area contributed by atoms with Crippen LogP contribution in [0.5, 0.6) is 0 Å². The summed E-state index contributed by atoms with van der Waals surface area (Å²) in [6.07, 6.45) is 0.949. The number of hydrogen-bond donors (Lipinski definition) is 1. The topological polar surface area (TPSA) is 38.3 Å². The minimum absolute atomic E-state index is 0.217. The molecular weight excluding hydrogens is 226 g/mol. The summed E-state index contributed by atoms with van der Waals surface area (Å²) in [5.41, 5.74) is 2.02. The molecule has 0 aliphatic rings.